The smallest absolute Gasteiger partial charge is 0.225 e. The topological polar surface area (TPSA) is 41.6 Å². The zero-order valence-electron chi connectivity index (χ0n) is 13.4. The number of amides is 1. The van der Waals surface area contributed by atoms with Crippen LogP contribution in [0.5, 0.6) is 5.75 Å². The summed E-state index contributed by atoms with van der Waals surface area (Å²) in [5.74, 6) is 0.186. The van der Waals surface area contributed by atoms with Crippen LogP contribution in [-0.4, -0.2) is 31.5 Å². The first-order valence-electron chi connectivity index (χ1n) is 7.44. The fraction of sp³-hybridized carbons (Fsp3) is 0.278. The largest absolute Gasteiger partial charge is 0.497 e. The second-order valence-corrected chi connectivity index (χ2v) is 5.37. The highest BCUT2D eigenvalue weighted by Gasteiger charge is 2.08. The Bertz CT molecular complexity index is 661. The van der Waals surface area contributed by atoms with E-state index in [1.165, 1.54) is 6.07 Å². The van der Waals surface area contributed by atoms with Crippen molar-refractivity contribution in [1.29, 1.82) is 0 Å². The van der Waals surface area contributed by atoms with E-state index in [-0.39, 0.29) is 11.6 Å². The van der Waals surface area contributed by atoms with Gasteiger partial charge in [-0.3, -0.25) is 4.79 Å². The number of anilines is 1. The molecule has 1 N–H and O–H groups in total. The highest BCUT2D eigenvalue weighted by atomic mass is 19.1. The summed E-state index contributed by atoms with van der Waals surface area (Å²) in [7, 11) is 3.58. The lowest BCUT2D eigenvalue weighted by Crippen LogP contribution is -2.24. The van der Waals surface area contributed by atoms with Gasteiger partial charge in [-0.2, -0.15) is 0 Å². The van der Waals surface area contributed by atoms with E-state index >= 15 is 0 Å². The molecule has 23 heavy (non-hydrogen) atoms. The number of methoxy groups -OCH3 is 1. The molecule has 0 aliphatic heterocycles. The molecule has 0 radical (unpaired) electrons. The maximum atomic E-state index is 13.5. The fourth-order valence-electron chi connectivity index (χ4n) is 2.23. The molecule has 2 rings (SSSR count). The third-order valence-electron chi connectivity index (χ3n) is 3.46. The van der Waals surface area contributed by atoms with Crippen LogP contribution in [-0.2, 0) is 11.3 Å². The highest BCUT2D eigenvalue weighted by Crippen LogP contribution is 2.15. The van der Waals surface area contributed by atoms with E-state index in [0.29, 0.717) is 19.5 Å². The molecule has 0 spiro atoms. The molecule has 4 nitrogen and oxygen atoms in total. The first-order chi connectivity index (χ1) is 11.1. The number of benzene rings is 2. The molecule has 0 fully saturated rings. The number of hydrogen-bond acceptors (Lipinski definition) is 3. The first-order valence-corrected chi connectivity index (χ1v) is 7.44. The lowest BCUT2D eigenvalue weighted by Gasteiger charge is -2.17. The third kappa shape index (κ3) is 5.38. The number of carbonyl (C=O) groups is 1. The predicted octanol–water partition coefficient (Wildman–Crippen LogP) is 3.29. The van der Waals surface area contributed by atoms with Crippen LogP contribution in [0.3, 0.4) is 0 Å². The summed E-state index contributed by atoms with van der Waals surface area (Å²) in [4.78, 5) is 13.9. The Kier molecular flexibility index (Phi) is 6.11. The molecule has 0 saturated heterocycles. The minimum absolute atomic E-state index is 0.201. The number of halogens is 1. The van der Waals surface area contributed by atoms with Crippen molar-refractivity contribution in [1.82, 2.24) is 4.90 Å². The lowest BCUT2D eigenvalue weighted by molar-refractivity contribution is -0.116. The van der Waals surface area contributed by atoms with Gasteiger partial charge in [-0.25, -0.2) is 4.39 Å². The van der Waals surface area contributed by atoms with Gasteiger partial charge in [0.1, 0.15) is 11.6 Å². The van der Waals surface area contributed by atoms with Crippen LogP contribution in [0.2, 0.25) is 0 Å². The molecule has 122 valence electrons. The summed E-state index contributed by atoms with van der Waals surface area (Å²) >= 11 is 0. The van der Waals surface area contributed by atoms with Crippen molar-refractivity contribution >= 4 is 11.6 Å². The van der Waals surface area contributed by atoms with E-state index in [2.05, 4.69) is 5.32 Å². The summed E-state index contributed by atoms with van der Waals surface area (Å²) < 4.78 is 18.7. The number of ether oxygens (including phenoxy) is 1. The molecular formula is C18H21FN2O2. The summed E-state index contributed by atoms with van der Waals surface area (Å²) in [6, 6.07) is 14.0. The molecule has 0 aliphatic carbocycles. The minimum Gasteiger partial charge on any atom is -0.497 e. The van der Waals surface area contributed by atoms with E-state index in [1.54, 1.807) is 25.3 Å². The fourth-order valence-corrected chi connectivity index (χ4v) is 2.23. The minimum atomic E-state index is -0.425. The van der Waals surface area contributed by atoms with Crippen LogP contribution in [0.15, 0.2) is 48.5 Å². The van der Waals surface area contributed by atoms with Gasteiger partial charge in [0.15, 0.2) is 0 Å². The Morgan fingerprint density at radius 3 is 2.74 bits per heavy atom. The number of nitrogens with one attached hydrogen (secondary N) is 1. The van der Waals surface area contributed by atoms with E-state index in [1.807, 2.05) is 36.2 Å². The molecule has 0 aliphatic rings. The monoisotopic (exact) mass is 316 g/mol. The van der Waals surface area contributed by atoms with Crippen molar-refractivity contribution in [3.05, 3.63) is 59.9 Å². The van der Waals surface area contributed by atoms with Gasteiger partial charge in [0.05, 0.1) is 12.8 Å². The van der Waals surface area contributed by atoms with Crippen LogP contribution in [0.25, 0.3) is 0 Å². The van der Waals surface area contributed by atoms with Crippen LogP contribution in [0.1, 0.15) is 12.0 Å². The Hall–Kier alpha value is -2.40. The molecule has 0 saturated carbocycles. The van der Waals surface area contributed by atoms with Crippen LogP contribution < -0.4 is 10.1 Å². The Morgan fingerprint density at radius 1 is 1.22 bits per heavy atom. The van der Waals surface area contributed by atoms with Gasteiger partial charge in [0.2, 0.25) is 5.91 Å². The lowest BCUT2D eigenvalue weighted by atomic mass is 10.2. The maximum absolute atomic E-state index is 13.5. The number of para-hydroxylation sites is 1. The number of hydrogen-bond donors (Lipinski definition) is 1. The van der Waals surface area contributed by atoms with Gasteiger partial charge >= 0.3 is 0 Å². The SMILES string of the molecule is COc1cccc(CN(C)CCC(=O)Nc2ccccc2F)c1. The summed E-state index contributed by atoms with van der Waals surface area (Å²) in [6.07, 6.45) is 0.300. The molecule has 2 aromatic rings. The summed E-state index contributed by atoms with van der Waals surface area (Å²) in [5.41, 5.74) is 1.33. The molecular weight excluding hydrogens is 295 g/mol. The first kappa shape index (κ1) is 17.0. The zero-order chi connectivity index (χ0) is 16.7. The highest BCUT2D eigenvalue weighted by molar-refractivity contribution is 5.90. The van der Waals surface area contributed by atoms with Crippen molar-refractivity contribution in [3.8, 4) is 5.75 Å². The van der Waals surface area contributed by atoms with E-state index in [0.717, 1.165) is 11.3 Å². The third-order valence-corrected chi connectivity index (χ3v) is 3.46. The zero-order valence-corrected chi connectivity index (χ0v) is 13.4. The van der Waals surface area contributed by atoms with Crippen molar-refractivity contribution in [2.24, 2.45) is 0 Å². The van der Waals surface area contributed by atoms with Crippen molar-refractivity contribution < 1.29 is 13.9 Å². The Morgan fingerprint density at radius 2 is 2.00 bits per heavy atom. The average Bonchev–Trinajstić information content (AvgIpc) is 2.55. The molecule has 0 aromatic heterocycles. The van der Waals surface area contributed by atoms with Crippen molar-refractivity contribution in [2.45, 2.75) is 13.0 Å². The van der Waals surface area contributed by atoms with Crippen LogP contribution in [0, 0.1) is 5.82 Å². The van der Waals surface area contributed by atoms with Crippen LogP contribution >= 0.6 is 0 Å². The Balaban J connectivity index is 1.80. The summed E-state index contributed by atoms with van der Waals surface area (Å²) in [6.45, 7) is 1.29. The second kappa shape index (κ2) is 8.29. The molecule has 0 bridgehead atoms. The van der Waals surface area contributed by atoms with Gasteiger partial charge in [0.25, 0.3) is 0 Å². The van der Waals surface area contributed by atoms with Gasteiger partial charge in [0, 0.05) is 19.5 Å². The van der Waals surface area contributed by atoms with E-state index in [4.69, 9.17) is 4.74 Å². The number of carbonyl (C=O) groups excluding carboxylic acids is 1. The molecule has 2 aromatic carbocycles. The second-order valence-electron chi connectivity index (χ2n) is 5.37. The molecule has 5 heteroatoms. The number of nitrogens with zero attached hydrogens (tertiary/aromatic N) is 1. The van der Waals surface area contributed by atoms with E-state index in [9.17, 15) is 9.18 Å². The normalized spacial score (nSPS) is 10.6. The maximum Gasteiger partial charge on any atom is 0.225 e. The average molecular weight is 316 g/mol. The molecule has 0 heterocycles. The van der Waals surface area contributed by atoms with Gasteiger partial charge < -0.3 is 15.0 Å². The molecule has 1 amide bonds. The van der Waals surface area contributed by atoms with Crippen molar-refractivity contribution in [3.63, 3.8) is 0 Å². The van der Waals surface area contributed by atoms with Gasteiger partial charge in [-0.05, 0) is 36.9 Å². The molecule has 0 atom stereocenters. The predicted molar refractivity (Wildman–Crippen MR) is 89.0 cm³/mol. The van der Waals surface area contributed by atoms with Gasteiger partial charge in [-0.1, -0.05) is 24.3 Å². The standard InChI is InChI=1S/C18H21FN2O2/c1-21(13-14-6-5-7-15(12-14)23-2)11-10-18(22)20-17-9-4-3-8-16(17)19/h3-9,12H,10-11,13H2,1-2H3,(H,20,22). The number of rotatable bonds is 7. The molecule has 0 unspecified atom stereocenters. The van der Waals surface area contributed by atoms with Crippen molar-refractivity contribution in [2.75, 3.05) is 26.0 Å². The van der Waals surface area contributed by atoms with E-state index < -0.39 is 5.82 Å². The van der Waals surface area contributed by atoms with Gasteiger partial charge in [-0.15, -0.1) is 0 Å². The quantitative estimate of drug-likeness (QED) is 0.852. The summed E-state index contributed by atoms with van der Waals surface area (Å²) in [5, 5.41) is 2.59. The Labute approximate surface area is 135 Å². The van der Waals surface area contributed by atoms with Crippen LogP contribution in [0.4, 0.5) is 10.1 Å².